The van der Waals surface area contributed by atoms with Crippen LogP contribution < -0.4 is 4.74 Å². The highest BCUT2D eigenvalue weighted by Gasteiger charge is 2.44. The highest BCUT2D eigenvalue weighted by atomic mass is 32.1. The smallest absolute Gasteiger partial charge is 0.290 e. The fraction of sp³-hybridized carbons (Fsp3) is 0.321. The minimum absolute atomic E-state index is 0.0792. The maximum absolute atomic E-state index is 13.8. The molecule has 192 valence electrons. The van der Waals surface area contributed by atoms with Gasteiger partial charge in [-0.1, -0.05) is 30.3 Å². The summed E-state index contributed by atoms with van der Waals surface area (Å²) in [4.78, 5) is 35.7. The molecule has 1 atom stereocenters. The Bertz CT molecular complexity index is 1330. The van der Waals surface area contributed by atoms with Gasteiger partial charge in [-0.05, 0) is 43.7 Å². The third-order valence-electron chi connectivity index (χ3n) is 6.57. The van der Waals surface area contributed by atoms with Crippen LogP contribution in [0.3, 0.4) is 0 Å². The predicted octanol–water partition coefficient (Wildman–Crippen LogP) is 4.46. The summed E-state index contributed by atoms with van der Waals surface area (Å²) in [6.45, 7) is 7.41. The second-order valence-corrected chi connectivity index (χ2v) is 10.3. The molecule has 2 aromatic carbocycles. The second-order valence-electron chi connectivity index (χ2n) is 9.08. The number of morpholine rings is 1. The minimum atomic E-state index is -0.748. The number of rotatable bonds is 8. The number of aliphatic hydroxyl groups excluding tert-OH is 1. The molecule has 1 aromatic heterocycles. The van der Waals surface area contributed by atoms with Crippen LogP contribution in [0.1, 0.15) is 32.0 Å². The first-order valence-corrected chi connectivity index (χ1v) is 13.1. The van der Waals surface area contributed by atoms with E-state index in [4.69, 9.17) is 9.47 Å². The molecule has 2 aliphatic rings. The largest absolute Gasteiger partial charge is 0.503 e. The van der Waals surface area contributed by atoms with Gasteiger partial charge in [0.15, 0.2) is 5.76 Å². The van der Waals surface area contributed by atoms with E-state index in [-0.39, 0.29) is 11.4 Å². The first kappa shape index (κ1) is 25.1. The van der Waals surface area contributed by atoms with Crippen molar-refractivity contribution in [1.29, 1.82) is 0 Å². The standard InChI is InChI=1S/C28H29N3O5S/c1-18-27(37-19(2)29-18)25(32)23-24(20-7-6-10-22(17-20)36-21-8-4-3-5-9-21)31(28(34)26(23)33)12-11-30-13-15-35-16-14-30/h3-10,17,24,33H,11-16H2,1-2H3. The van der Waals surface area contributed by atoms with Gasteiger partial charge in [0, 0.05) is 26.2 Å². The number of aromatic nitrogens is 1. The SMILES string of the molecule is Cc1nc(C)c(C(=O)C2=C(O)C(=O)N(CCN3CCOCC3)C2c2cccc(Oc3ccccc3)c2)s1. The fourth-order valence-corrected chi connectivity index (χ4v) is 5.65. The average molecular weight is 520 g/mol. The maximum atomic E-state index is 13.8. The number of carbonyl (C=O) groups excluding carboxylic acids is 2. The quantitative estimate of drug-likeness (QED) is 0.439. The van der Waals surface area contributed by atoms with Gasteiger partial charge >= 0.3 is 0 Å². The predicted molar refractivity (Wildman–Crippen MR) is 140 cm³/mol. The van der Waals surface area contributed by atoms with Crippen molar-refractivity contribution in [2.24, 2.45) is 0 Å². The van der Waals surface area contributed by atoms with Gasteiger partial charge in [-0.25, -0.2) is 4.98 Å². The molecule has 1 N–H and O–H groups in total. The van der Waals surface area contributed by atoms with Gasteiger partial charge in [0.25, 0.3) is 5.91 Å². The summed E-state index contributed by atoms with van der Waals surface area (Å²) in [5, 5.41) is 11.8. The van der Waals surface area contributed by atoms with Gasteiger partial charge in [-0.2, -0.15) is 0 Å². The van der Waals surface area contributed by atoms with Crippen LogP contribution >= 0.6 is 11.3 Å². The molecule has 9 heteroatoms. The molecule has 5 rings (SSSR count). The second kappa shape index (κ2) is 10.8. The number of hydrogen-bond donors (Lipinski definition) is 1. The lowest BCUT2D eigenvalue weighted by atomic mass is 9.95. The van der Waals surface area contributed by atoms with E-state index in [2.05, 4.69) is 9.88 Å². The van der Waals surface area contributed by atoms with E-state index in [1.54, 1.807) is 11.8 Å². The van der Waals surface area contributed by atoms with E-state index in [0.29, 0.717) is 53.9 Å². The Morgan fingerprint density at radius 1 is 1.08 bits per heavy atom. The molecule has 0 spiro atoms. The number of carbonyl (C=O) groups is 2. The Morgan fingerprint density at radius 3 is 2.51 bits per heavy atom. The van der Waals surface area contributed by atoms with Crippen molar-refractivity contribution in [3.63, 3.8) is 0 Å². The van der Waals surface area contributed by atoms with Crippen molar-refractivity contribution < 1.29 is 24.2 Å². The van der Waals surface area contributed by atoms with Gasteiger partial charge in [0.05, 0.1) is 40.4 Å². The molecule has 3 heterocycles. The highest BCUT2D eigenvalue weighted by molar-refractivity contribution is 7.14. The van der Waals surface area contributed by atoms with E-state index in [1.807, 2.05) is 61.5 Å². The third-order valence-corrected chi connectivity index (χ3v) is 7.64. The number of thiazole rings is 1. The minimum Gasteiger partial charge on any atom is -0.503 e. The lowest BCUT2D eigenvalue weighted by molar-refractivity contribution is -0.129. The van der Waals surface area contributed by atoms with E-state index in [1.165, 1.54) is 11.3 Å². The number of Topliss-reactive ketones (excluding diaryl/α,β-unsaturated/α-hetero) is 1. The van der Waals surface area contributed by atoms with Crippen LogP contribution in [0.2, 0.25) is 0 Å². The number of para-hydroxylation sites is 1. The molecule has 1 saturated heterocycles. The number of nitrogens with zero attached hydrogens (tertiary/aromatic N) is 3. The topological polar surface area (TPSA) is 92.2 Å². The average Bonchev–Trinajstić information content (AvgIpc) is 3.38. The Balaban J connectivity index is 1.50. The van der Waals surface area contributed by atoms with Crippen LogP contribution in [-0.4, -0.2) is 71.0 Å². The summed E-state index contributed by atoms with van der Waals surface area (Å²) in [6.07, 6.45) is 0. The van der Waals surface area contributed by atoms with Crippen LogP contribution in [0, 0.1) is 13.8 Å². The van der Waals surface area contributed by atoms with Gasteiger partial charge in [-0.15, -0.1) is 11.3 Å². The molecule has 8 nitrogen and oxygen atoms in total. The van der Waals surface area contributed by atoms with Gasteiger partial charge < -0.3 is 19.5 Å². The molecule has 3 aromatic rings. The number of aliphatic hydroxyl groups is 1. The van der Waals surface area contributed by atoms with Crippen molar-refractivity contribution >= 4 is 23.0 Å². The van der Waals surface area contributed by atoms with Crippen LogP contribution in [0.4, 0.5) is 0 Å². The maximum Gasteiger partial charge on any atom is 0.290 e. The van der Waals surface area contributed by atoms with Gasteiger partial charge in [0.2, 0.25) is 5.78 Å². The van der Waals surface area contributed by atoms with Crippen LogP contribution in [-0.2, 0) is 9.53 Å². The van der Waals surface area contributed by atoms with Gasteiger partial charge in [0.1, 0.15) is 11.5 Å². The Labute approximate surface area is 219 Å². The fourth-order valence-electron chi connectivity index (χ4n) is 4.77. The molecule has 2 aliphatic heterocycles. The molecule has 1 amide bonds. The first-order valence-electron chi connectivity index (χ1n) is 12.3. The van der Waals surface area contributed by atoms with Crippen molar-refractivity contribution in [3.05, 3.63) is 87.1 Å². The van der Waals surface area contributed by atoms with Crippen molar-refractivity contribution in [2.75, 3.05) is 39.4 Å². The van der Waals surface area contributed by atoms with Gasteiger partial charge in [-0.3, -0.25) is 14.5 Å². The summed E-state index contributed by atoms with van der Waals surface area (Å²) >= 11 is 1.27. The van der Waals surface area contributed by atoms with Crippen molar-refractivity contribution in [1.82, 2.24) is 14.8 Å². The Morgan fingerprint density at radius 2 is 1.81 bits per heavy atom. The molecule has 1 unspecified atom stereocenters. The van der Waals surface area contributed by atoms with E-state index in [9.17, 15) is 14.7 Å². The van der Waals surface area contributed by atoms with Crippen LogP contribution in [0.15, 0.2) is 65.9 Å². The van der Waals surface area contributed by atoms with E-state index < -0.39 is 17.7 Å². The summed E-state index contributed by atoms with van der Waals surface area (Å²) < 4.78 is 11.5. The Hall–Kier alpha value is -3.53. The van der Waals surface area contributed by atoms with E-state index in [0.717, 1.165) is 18.1 Å². The monoisotopic (exact) mass is 519 g/mol. The van der Waals surface area contributed by atoms with Crippen LogP contribution in [0.5, 0.6) is 11.5 Å². The highest BCUT2D eigenvalue weighted by Crippen LogP contribution is 2.41. The molecular formula is C28H29N3O5S. The molecule has 0 aliphatic carbocycles. The van der Waals surface area contributed by atoms with Crippen molar-refractivity contribution in [3.8, 4) is 11.5 Å². The molecule has 1 fully saturated rings. The third kappa shape index (κ3) is 5.29. The summed E-state index contributed by atoms with van der Waals surface area (Å²) in [7, 11) is 0. The number of ketones is 1. The number of amides is 1. The molecule has 0 bridgehead atoms. The first-order chi connectivity index (χ1) is 17.9. The zero-order chi connectivity index (χ0) is 25.9. The van der Waals surface area contributed by atoms with E-state index >= 15 is 0 Å². The molecule has 0 saturated carbocycles. The molecule has 0 radical (unpaired) electrons. The lowest BCUT2D eigenvalue weighted by Crippen LogP contribution is -2.43. The van der Waals surface area contributed by atoms with Crippen molar-refractivity contribution in [2.45, 2.75) is 19.9 Å². The molecular weight excluding hydrogens is 490 g/mol. The van der Waals surface area contributed by atoms with Crippen LogP contribution in [0.25, 0.3) is 0 Å². The lowest BCUT2D eigenvalue weighted by Gasteiger charge is -2.31. The summed E-state index contributed by atoms with van der Waals surface area (Å²) in [5.41, 5.74) is 1.36. The normalized spacial score (nSPS) is 18.5. The zero-order valence-corrected chi connectivity index (χ0v) is 21.7. The number of ether oxygens (including phenoxy) is 2. The summed E-state index contributed by atoms with van der Waals surface area (Å²) in [5.74, 6) is -0.169. The summed E-state index contributed by atoms with van der Waals surface area (Å²) in [6, 6.07) is 16.0. The number of aryl methyl sites for hydroxylation is 2. The Kier molecular flexibility index (Phi) is 7.36. The zero-order valence-electron chi connectivity index (χ0n) is 20.8. The number of hydrogen-bond acceptors (Lipinski definition) is 8. The molecule has 37 heavy (non-hydrogen) atoms. The number of benzene rings is 2.